The average Bonchev–Trinajstić information content (AvgIpc) is 2.97. The van der Waals surface area contributed by atoms with Gasteiger partial charge in [-0.25, -0.2) is 4.68 Å². The molecule has 0 saturated heterocycles. The second-order valence-corrected chi connectivity index (χ2v) is 5.23. The zero-order chi connectivity index (χ0) is 13.9. The monoisotopic (exact) mass is 273 g/mol. The van der Waals surface area contributed by atoms with Crippen LogP contribution in [0, 0.1) is 0 Å². The van der Waals surface area contributed by atoms with Crippen molar-refractivity contribution in [3.63, 3.8) is 0 Å². The molecule has 5 heteroatoms. The van der Waals surface area contributed by atoms with E-state index in [2.05, 4.69) is 10.3 Å². The SMILES string of the molecule is COc1ccc(-c2cn([C@@H]3CCCC[C@@H]3O)nn2)cc1. The van der Waals surface area contributed by atoms with Crippen LogP contribution in [0.2, 0.25) is 0 Å². The number of rotatable bonds is 3. The summed E-state index contributed by atoms with van der Waals surface area (Å²) in [6, 6.07) is 7.80. The topological polar surface area (TPSA) is 60.2 Å². The number of nitrogens with zero attached hydrogens (tertiary/aromatic N) is 3. The molecule has 1 heterocycles. The van der Waals surface area contributed by atoms with Gasteiger partial charge in [0.05, 0.1) is 25.5 Å². The largest absolute Gasteiger partial charge is 0.497 e. The van der Waals surface area contributed by atoms with Gasteiger partial charge in [-0.1, -0.05) is 18.1 Å². The highest BCUT2D eigenvalue weighted by Gasteiger charge is 2.25. The number of aromatic nitrogens is 3. The molecule has 0 spiro atoms. The summed E-state index contributed by atoms with van der Waals surface area (Å²) in [5, 5.41) is 18.5. The maximum Gasteiger partial charge on any atom is 0.118 e. The lowest BCUT2D eigenvalue weighted by Crippen LogP contribution is -2.27. The third kappa shape index (κ3) is 2.54. The molecule has 1 aliphatic carbocycles. The van der Waals surface area contributed by atoms with Crippen LogP contribution >= 0.6 is 0 Å². The summed E-state index contributed by atoms with van der Waals surface area (Å²) in [6.07, 6.45) is 5.65. The molecule has 1 aromatic heterocycles. The van der Waals surface area contributed by atoms with Crippen LogP contribution < -0.4 is 4.74 Å². The quantitative estimate of drug-likeness (QED) is 0.933. The molecule has 1 aliphatic rings. The van der Waals surface area contributed by atoms with E-state index in [1.54, 1.807) is 7.11 Å². The van der Waals surface area contributed by atoms with Crippen molar-refractivity contribution in [3.05, 3.63) is 30.5 Å². The first-order chi connectivity index (χ1) is 9.78. The molecule has 2 atom stereocenters. The van der Waals surface area contributed by atoms with Gasteiger partial charge in [0.1, 0.15) is 11.4 Å². The number of methoxy groups -OCH3 is 1. The van der Waals surface area contributed by atoms with E-state index >= 15 is 0 Å². The summed E-state index contributed by atoms with van der Waals surface area (Å²) in [4.78, 5) is 0. The summed E-state index contributed by atoms with van der Waals surface area (Å²) >= 11 is 0. The van der Waals surface area contributed by atoms with Gasteiger partial charge in [0.25, 0.3) is 0 Å². The lowest BCUT2D eigenvalue weighted by Gasteiger charge is -2.27. The van der Waals surface area contributed by atoms with Crippen LogP contribution in [-0.2, 0) is 0 Å². The van der Waals surface area contributed by atoms with E-state index in [1.807, 2.05) is 35.1 Å². The highest BCUT2D eigenvalue weighted by molar-refractivity contribution is 5.58. The van der Waals surface area contributed by atoms with Gasteiger partial charge >= 0.3 is 0 Å². The van der Waals surface area contributed by atoms with Crippen molar-refractivity contribution in [2.75, 3.05) is 7.11 Å². The fourth-order valence-corrected chi connectivity index (χ4v) is 2.73. The highest BCUT2D eigenvalue weighted by Crippen LogP contribution is 2.29. The number of aliphatic hydroxyl groups is 1. The van der Waals surface area contributed by atoms with Gasteiger partial charge < -0.3 is 9.84 Å². The van der Waals surface area contributed by atoms with E-state index in [1.165, 1.54) is 0 Å². The predicted molar refractivity (Wildman–Crippen MR) is 75.5 cm³/mol. The molecule has 0 amide bonds. The Balaban J connectivity index is 1.81. The van der Waals surface area contributed by atoms with Gasteiger partial charge in [-0.2, -0.15) is 0 Å². The Morgan fingerprint density at radius 2 is 1.95 bits per heavy atom. The van der Waals surface area contributed by atoms with Crippen molar-refractivity contribution in [3.8, 4) is 17.0 Å². The Kier molecular flexibility index (Phi) is 3.69. The Hall–Kier alpha value is -1.88. The fraction of sp³-hybridized carbons (Fsp3) is 0.467. The minimum atomic E-state index is -0.311. The molecule has 3 rings (SSSR count). The van der Waals surface area contributed by atoms with Gasteiger partial charge in [0.15, 0.2) is 0 Å². The van der Waals surface area contributed by atoms with E-state index in [0.717, 1.165) is 42.7 Å². The van der Waals surface area contributed by atoms with Gasteiger partial charge in [-0.05, 0) is 37.1 Å². The Labute approximate surface area is 118 Å². The van der Waals surface area contributed by atoms with Crippen LogP contribution in [-0.4, -0.2) is 33.3 Å². The predicted octanol–water partition coefficient (Wildman–Crippen LogP) is 2.43. The molecule has 106 valence electrons. The molecule has 0 radical (unpaired) electrons. The van der Waals surface area contributed by atoms with Crippen LogP contribution in [0.3, 0.4) is 0 Å². The Morgan fingerprint density at radius 3 is 2.65 bits per heavy atom. The molecule has 2 aromatic rings. The second-order valence-electron chi connectivity index (χ2n) is 5.23. The third-order valence-electron chi connectivity index (χ3n) is 3.93. The van der Waals surface area contributed by atoms with Gasteiger partial charge in [0.2, 0.25) is 0 Å². The van der Waals surface area contributed by atoms with E-state index < -0.39 is 0 Å². The zero-order valence-electron chi connectivity index (χ0n) is 11.6. The molecule has 0 unspecified atom stereocenters. The van der Waals surface area contributed by atoms with Crippen molar-refractivity contribution in [2.24, 2.45) is 0 Å². The van der Waals surface area contributed by atoms with Crippen LogP contribution in [0.1, 0.15) is 31.7 Å². The molecule has 5 nitrogen and oxygen atoms in total. The molecular formula is C15H19N3O2. The van der Waals surface area contributed by atoms with Crippen molar-refractivity contribution >= 4 is 0 Å². The molecule has 0 aliphatic heterocycles. The van der Waals surface area contributed by atoms with E-state index in [0.29, 0.717) is 0 Å². The molecular weight excluding hydrogens is 254 g/mol. The fourth-order valence-electron chi connectivity index (χ4n) is 2.73. The van der Waals surface area contributed by atoms with Crippen LogP contribution in [0.5, 0.6) is 5.75 Å². The van der Waals surface area contributed by atoms with Crippen molar-refractivity contribution in [1.29, 1.82) is 0 Å². The van der Waals surface area contributed by atoms with Crippen molar-refractivity contribution in [1.82, 2.24) is 15.0 Å². The molecule has 0 bridgehead atoms. The van der Waals surface area contributed by atoms with Gasteiger partial charge in [-0.15, -0.1) is 5.10 Å². The minimum Gasteiger partial charge on any atom is -0.497 e. The molecule has 1 aromatic carbocycles. The van der Waals surface area contributed by atoms with E-state index in [4.69, 9.17) is 4.74 Å². The molecule has 1 saturated carbocycles. The molecule has 1 fully saturated rings. The lowest BCUT2D eigenvalue weighted by molar-refractivity contribution is 0.0685. The van der Waals surface area contributed by atoms with Crippen LogP contribution in [0.15, 0.2) is 30.5 Å². The summed E-state index contributed by atoms with van der Waals surface area (Å²) in [7, 11) is 1.65. The van der Waals surface area contributed by atoms with Crippen LogP contribution in [0.4, 0.5) is 0 Å². The number of hydrogen-bond donors (Lipinski definition) is 1. The van der Waals surface area contributed by atoms with Crippen LogP contribution in [0.25, 0.3) is 11.3 Å². The van der Waals surface area contributed by atoms with E-state index in [9.17, 15) is 5.11 Å². The lowest BCUT2D eigenvalue weighted by atomic mass is 9.93. The van der Waals surface area contributed by atoms with Crippen molar-refractivity contribution < 1.29 is 9.84 Å². The molecule has 1 N–H and O–H groups in total. The Morgan fingerprint density at radius 1 is 1.20 bits per heavy atom. The van der Waals surface area contributed by atoms with Gasteiger partial charge in [0, 0.05) is 5.56 Å². The summed E-state index contributed by atoms with van der Waals surface area (Å²) in [5.74, 6) is 0.823. The number of hydrogen-bond acceptors (Lipinski definition) is 4. The summed E-state index contributed by atoms with van der Waals surface area (Å²) in [6.45, 7) is 0. The highest BCUT2D eigenvalue weighted by atomic mass is 16.5. The maximum absolute atomic E-state index is 10.1. The second kappa shape index (κ2) is 5.63. The zero-order valence-corrected chi connectivity index (χ0v) is 11.6. The number of aliphatic hydroxyl groups excluding tert-OH is 1. The van der Waals surface area contributed by atoms with Gasteiger partial charge in [-0.3, -0.25) is 0 Å². The molecule has 20 heavy (non-hydrogen) atoms. The standard InChI is InChI=1S/C15H19N3O2/c1-20-12-8-6-11(7-9-12)13-10-18(17-16-13)14-4-2-3-5-15(14)19/h6-10,14-15,19H,2-5H2,1H3/t14-,15+/m1/s1. The van der Waals surface area contributed by atoms with E-state index in [-0.39, 0.29) is 12.1 Å². The number of ether oxygens (including phenoxy) is 1. The third-order valence-corrected chi connectivity index (χ3v) is 3.93. The normalized spacial score (nSPS) is 22.7. The number of benzene rings is 1. The van der Waals surface area contributed by atoms with Crippen molar-refractivity contribution in [2.45, 2.75) is 37.8 Å². The maximum atomic E-state index is 10.1. The minimum absolute atomic E-state index is 0.0586. The Bertz CT molecular complexity index is 565. The average molecular weight is 273 g/mol. The summed E-state index contributed by atoms with van der Waals surface area (Å²) in [5.41, 5.74) is 1.83. The first kappa shape index (κ1) is 13.1. The first-order valence-corrected chi connectivity index (χ1v) is 7.02. The smallest absolute Gasteiger partial charge is 0.118 e. The first-order valence-electron chi connectivity index (χ1n) is 7.02. The summed E-state index contributed by atoms with van der Waals surface area (Å²) < 4.78 is 6.95.